The molecule has 6 nitrogen and oxygen atoms in total. The van der Waals surface area contributed by atoms with E-state index in [0.717, 1.165) is 16.7 Å². The number of ketones is 1. The Labute approximate surface area is 217 Å². The van der Waals surface area contributed by atoms with Crippen molar-refractivity contribution in [3.8, 4) is 34.8 Å². The molecule has 0 heterocycles. The van der Waals surface area contributed by atoms with Crippen LogP contribution in [0.4, 0.5) is 0 Å². The van der Waals surface area contributed by atoms with E-state index in [9.17, 15) is 25.2 Å². The zero-order valence-corrected chi connectivity index (χ0v) is 20.8. The minimum absolute atomic E-state index is 0.000186. The number of aromatic hydroxyl groups is 3. The number of ether oxygens (including phenoxy) is 1. The molecule has 0 saturated carbocycles. The second-order valence-electron chi connectivity index (χ2n) is 9.66. The van der Waals surface area contributed by atoms with Gasteiger partial charge in [-0.2, -0.15) is 0 Å². The number of methoxy groups -OCH3 is 1. The molecule has 0 radical (unpaired) electrons. The third kappa shape index (κ3) is 6.63. The smallest absolute Gasteiger partial charge is 0.160 e. The number of hydrogen-bond acceptors (Lipinski definition) is 6. The predicted molar refractivity (Wildman–Crippen MR) is 141 cm³/mol. The second-order valence-corrected chi connectivity index (χ2v) is 9.66. The van der Waals surface area contributed by atoms with Gasteiger partial charge in [0.25, 0.3) is 0 Å². The lowest BCUT2D eigenvalue weighted by atomic mass is 9.77. The van der Waals surface area contributed by atoms with Crippen molar-refractivity contribution in [1.82, 2.24) is 0 Å². The summed E-state index contributed by atoms with van der Waals surface area (Å²) >= 11 is 0. The molecule has 4 atom stereocenters. The van der Waals surface area contributed by atoms with Crippen molar-refractivity contribution in [2.75, 3.05) is 7.11 Å². The third-order valence-corrected chi connectivity index (χ3v) is 7.03. The molecule has 37 heavy (non-hydrogen) atoms. The monoisotopic (exact) mass is 500 g/mol. The molecule has 3 aromatic rings. The Morgan fingerprint density at radius 1 is 0.865 bits per heavy atom. The highest BCUT2D eigenvalue weighted by atomic mass is 16.5. The Hall–Kier alpha value is -3.95. The van der Waals surface area contributed by atoms with Crippen LogP contribution in [0.3, 0.4) is 0 Å². The van der Waals surface area contributed by atoms with Crippen LogP contribution in [-0.2, 0) is 17.6 Å². The fourth-order valence-electron chi connectivity index (χ4n) is 4.97. The molecule has 0 aromatic heterocycles. The number of rotatable bonds is 6. The molecule has 0 bridgehead atoms. The van der Waals surface area contributed by atoms with E-state index in [2.05, 4.69) is 11.8 Å². The maximum atomic E-state index is 13.2. The van der Waals surface area contributed by atoms with Crippen LogP contribution in [0.1, 0.15) is 41.9 Å². The van der Waals surface area contributed by atoms with Crippen molar-refractivity contribution < 1.29 is 30.0 Å². The van der Waals surface area contributed by atoms with Gasteiger partial charge in [0.1, 0.15) is 5.78 Å². The number of carbonyl (C=O) groups is 1. The number of aliphatic hydroxyl groups is 1. The lowest BCUT2D eigenvalue weighted by molar-refractivity contribution is -0.122. The van der Waals surface area contributed by atoms with Crippen molar-refractivity contribution in [3.63, 3.8) is 0 Å². The van der Waals surface area contributed by atoms with Gasteiger partial charge >= 0.3 is 0 Å². The first kappa shape index (κ1) is 26.1. The van der Waals surface area contributed by atoms with E-state index in [1.807, 2.05) is 30.3 Å². The molecule has 0 fully saturated rings. The topological polar surface area (TPSA) is 107 Å². The van der Waals surface area contributed by atoms with Crippen LogP contribution in [0.25, 0.3) is 0 Å². The van der Waals surface area contributed by atoms with Gasteiger partial charge in [-0.1, -0.05) is 48.4 Å². The van der Waals surface area contributed by atoms with Gasteiger partial charge in [-0.05, 0) is 53.8 Å². The first-order valence-corrected chi connectivity index (χ1v) is 12.4. The third-order valence-electron chi connectivity index (χ3n) is 7.03. The number of phenols is 3. The van der Waals surface area contributed by atoms with E-state index >= 15 is 0 Å². The van der Waals surface area contributed by atoms with Crippen LogP contribution in [0, 0.1) is 23.7 Å². The van der Waals surface area contributed by atoms with Crippen LogP contribution < -0.4 is 4.74 Å². The van der Waals surface area contributed by atoms with Gasteiger partial charge in [-0.15, -0.1) is 5.92 Å². The van der Waals surface area contributed by atoms with Gasteiger partial charge < -0.3 is 25.2 Å². The molecule has 1 aliphatic rings. The van der Waals surface area contributed by atoms with Gasteiger partial charge in [0.2, 0.25) is 0 Å². The number of benzene rings is 3. The van der Waals surface area contributed by atoms with Crippen molar-refractivity contribution in [1.29, 1.82) is 0 Å². The minimum Gasteiger partial charge on any atom is -0.504 e. The molecule has 3 aromatic carbocycles. The number of Topliss-reactive ketones (excluding diaryl/α,β-unsaturated/α-hetero) is 1. The Bertz CT molecular complexity index is 1290. The Kier molecular flexibility index (Phi) is 8.37. The largest absolute Gasteiger partial charge is 0.504 e. The van der Waals surface area contributed by atoms with E-state index < -0.39 is 6.10 Å². The number of aliphatic hydroxyl groups excluding tert-OH is 1. The lowest BCUT2D eigenvalue weighted by Gasteiger charge is -2.27. The SMILES string of the molecule is COc1cc([C@@H]2CC(=O)C[C@H](O)[C@H](Cc3ccc(O)c(O)c3)CC#C[C@@H]2Cc2ccccc2)ccc1O. The molecule has 4 N–H and O–H groups in total. The van der Waals surface area contributed by atoms with Gasteiger partial charge in [0.15, 0.2) is 23.0 Å². The van der Waals surface area contributed by atoms with E-state index in [1.54, 1.807) is 24.3 Å². The molecule has 1 aliphatic carbocycles. The first-order valence-electron chi connectivity index (χ1n) is 12.4. The Morgan fingerprint density at radius 2 is 1.62 bits per heavy atom. The summed E-state index contributed by atoms with van der Waals surface area (Å²) in [5, 5.41) is 40.6. The summed E-state index contributed by atoms with van der Waals surface area (Å²) in [6, 6.07) is 19.7. The first-order chi connectivity index (χ1) is 17.8. The van der Waals surface area contributed by atoms with Crippen molar-refractivity contribution in [2.45, 2.75) is 44.1 Å². The van der Waals surface area contributed by atoms with Gasteiger partial charge in [-0.25, -0.2) is 0 Å². The molecule has 0 spiro atoms. The molecule has 4 rings (SSSR count). The average Bonchev–Trinajstić information content (AvgIpc) is 2.89. The van der Waals surface area contributed by atoms with Gasteiger partial charge in [0, 0.05) is 37.0 Å². The average molecular weight is 501 g/mol. The zero-order chi connectivity index (χ0) is 26.4. The van der Waals surface area contributed by atoms with Crippen molar-refractivity contribution in [2.24, 2.45) is 11.8 Å². The van der Waals surface area contributed by atoms with E-state index in [1.165, 1.54) is 19.2 Å². The molecule has 0 amide bonds. The number of carbonyl (C=O) groups excluding carboxylic acids is 1. The van der Waals surface area contributed by atoms with Gasteiger partial charge in [-0.3, -0.25) is 4.79 Å². The van der Waals surface area contributed by atoms with Crippen molar-refractivity contribution >= 4 is 5.78 Å². The summed E-state index contributed by atoms with van der Waals surface area (Å²) in [4.78, 5) is 13.2. The predicted octanol–water partition coefficient (Wildman–Crippen LogP) is 4.73. The summed E-state index contributed by atoms with van der Waals surface area (Å²) in [5.41, 5.74) is 2.71. The summed E-state index contributed by atoms with van der Waals surface area (Å²) in [6.45, 7) is 0. The second kappa shape index (κ2) is 11.9. The summed E-state index contributed by atoms with van der Waals surface area (Å²) in [5.74, 6) is 5.87. The lowest BCUT2D eigenvalue weighted by Crippen LogP contribution is -2.28. The summed E-state index contributed by atoms with van der Waals surface area (Å²) in [7, 11) is 1.49. The number of hydrogen-bond donors (Lipinski definition) is 4. The van der Waals surface area contributed by atoms with Crippen LogP contribution in [-0.4, -0.2) is 39.4 Å². The highest BCUT2D eigenvalue weighted by Gasteiger charge is 2.30. The maximum absolute atomic E-state index is 13.2. The summed E-state index contributed by atoms with van der Waals surface area (Å²) in [6.07, 6.45) is 0.753. The van der Waals surface area contributed by atoms with E-state index in [0.29, 0.717) is 25.0 Å². The molecular weight excluding hydrogens is 468 g/mol. The zero-order valence-electron chi connectivity index (χ0n) is 20.8. The molecule has 6 heteroatoms. The normalized spacial score (nSPS) is 22.1. The number of phenolic OH excluding ortho intramolecular Hbond substituents is 3. The van der Waals surface area contributed by atoms with Crippen molar-refractivity contribution in [3.05, 3.63) is 83.4 Å². The van der Waals surface area contributed by atoms with E-state index in [4.69, 9.17) is 4.74 Å². The minimum atomic E-state index is -0.890. The quantitative estimate of drug-likeness (QED) is 0.288. The molecule has 0 saturated heterocycles. The highest BCUT2D eigenvalue weighted by molar-refractivity contribution is 5.80. The van der Waals surface area contributed by atoms with E-state index in [-0.39, 0.29) is 53.6 Å². The molecule has 0 unspecified atom stereocenters. The van der Waals surface area contributed by atoms with Crippen LogP contribution in [0.2, 0.25) is 0 Å². The highest BCUT2D eigenvalue weighted by Crippen LogP contribution is 2.37. The fraction of sp³-hybridized carbons (Fsp3) is 0.323. The molecule has 0 aliphatic heterocycles. The standard InChI is InChI=1S/C31H32O6/c1-37-31-17-23(11-13-28(31)34)26-18-25(32)19-29(35)24(15-21-10-12-27(33)30(36)16-21)9-5-8-22(26)14-20-6-3-2-4-7-20/h2-4,6-7,10-13,16-17,22,24,26,29,33-36H,9,14-15,18-19H2,1H3/t22-,24+,26-,29+/m1/s1. The Balaban J connectivity index is 1.68. The van der Waals surface area contributed by atoms with Crippen LogP contribution in [0.5, 0.6) is 23.0 Å². The molecule has 192 valence electrons. The Morgan fingerprint density at radius 3 is 2.35 bits per heavy atom. The summed E-state index contributed by atoms with van der Waals surface area (Å²) < 4.78 is 5.32. The molecular formula is C31H32O6. The van der Waals surface area contributed by atoms with Gasteiger partial charge in [0.05, 0.1) is 13.2 Å². The van der Waals surface area contributed by atoms with Crippen LogP contribution >= 0.6 is 0 Å². The van der Waals surface area contributed by atoms with Crippen LogP contribution in [0.15, 0.2) is 66.7 Å². The fourth-order valence-corrected chi connectivity index (χ4v) is 4.97. The maximum Gasteiger partial charge on any atom is 0.160 e.